The van der Waals surface area contributed by atoms with Crippen molar-refractivity contribution in [2.45, 2.75) is 33.2 Å². The van der Waals surface area contributed by atoms with Crippen molar-refractivity contribution in [1.29, 1.82) is 0 Å². The first-order chi connectivity index (χ1) is 9.56. The Hall–Kier alpha value is -1.96. The Balaban J connectivity index is 1.98. The third-order valence-electron chi connectivity index (χ3n) is 3.34. The number of rotatable bonds is 5. The van der Waals surface area contributed by atoms with E-state index in [0.717, 1.165) is 12.2 Å². The van der Waals surface area contributed by atoms with Gasteiger partial charge in [-0.2, -0.15) is 0 Å². The molecule has 0 saturated carbocycles. The lowest BCUT2D eigenvalue weighted by molar-refractivity contribution is 0.414. The van der Waals surface area contributed by atoms with Crippen molar-refractivity contribution in [2.75, 3.05) is 12.4 Å². The molecule has 0 aliphatic carbocycles. The van der Waals surface area contributed by atoms with E-state index in [1.807, 2.05) is 12.1 Å². The molecule has 0 heterocycles. The molecular weight excluding hydrogens is 246 g/mol. The third kappa shape index (κ3) is 4.02. The molecule has 1 N–H and O–H groups in total. The van der Waals surface area contributed by atoms with E-state index in [1.54, 1.807) is 7.11 Å². The topological polar surface area (TPSA) is 21.3 Å². The van der Waals surface area contributed by atoms with Gasteiger partial charge in [-0.05, 0) is 68.1 Å². The van der Waals surface area contributed by atoms with Crippen LogP contribution in [0.15, 0.2) is 42.5 Å². The minimum Gasteiger partial charge on any atom is -0.497 e. The summed E-state index contributed by atoms with van der Waals surface area (Å²) >= 11 is 0. The van der Waals surface area contributed by atoms with Gasteiger partial charge in [0.15, 0.2) is 0 Å². The number of nitrogens with one attached hydrogen (secondary N) is 1. The summed E-state index contributed by atoms with van der Waals surface area (Å²) in [6, 6.07) is 15.2. The molecule has 2 aromatic rings. The van der Waals surface area contributed by atoms with E-state index in [1.165, 1.54) is 22.4 Å². The zero-order valence-electron chi connectivity index (χ0n) is 12.7. The Bertz CT molecular complexity index is 540. The Kier molecular flexibility index (Phi) is 4.67. The predicted molar refractivity (Wildman–Crippen MR) is 85.7 cm³/mol. The predicted octanol–water partition coefficient (Wildman–Crippen LogP) is 4.36. The van der Waals surface area contributed by atoms with Gasteiger partial charge in [0.1, 0.15) is 5.75 Å². The van der Waals surface area contributed by atoms with Crippen LogP contribution in [-0.4, -0.2) is 13.2 Å². The van der Waals surface area contributed by atoms with Crippen molar-refractivity contribution < 1.29 is 4.74 Å². The highest BCUT2D eigenvalue weighted by molar-refractivity contribution is 5.49. The van der Waals surface area contributed by atoms with Crippen molar-refractivity contribution in [1.82, 2.24) is 0 Å². The van der Waals surface area contributed by atoms with Crippen molar-refractivity contribution in [2.24, 2.45) is 0 Å². The number of hydrogen-bond acceptors (Lipinski definition) is 2. The molecule has 2 aromatic carbocycles. The van der Waals surface area contributed by atoms with Crippen molar-refractivity contribution in [3.63, 3.8) is 0 Å². The molecule has 2 rings (SSSR count). The van der Waals surface area contributed by atoms with Crippen LogP contribution in [0.2, 0.25) is 0 Å². The first kappa shape index (κ1) is 14.4. The van der Waals surface area contributed by atoms with Crippen molar-refractivity contribution in [3.8, 4) is 5.75 Å². The van der Waals surface area contributed by atoms with Gasteiger partial charge in [-0.1, -0.05) is 18.2 Å². The molecular formula is C18H23NO. The molecule has 106 valence electrons. The molecule has 20 heavy (non-hydrogen) atoms. The molecule has 1 atom stereocenters. The summed E-state index contributed by atoms with van der Waals surface area (Å²) in [6.07, 6.45) is 0.997. The fourth-order valence-corrected chi connectivity index (χ4v) is 2.51. The van der Waals surface area contributed by atoms with Gasteiger partial charge in [0, 0.05) is 11.7 Å². The smallest absolute Gasteiger partial charge is 0.118 e. The fourth-order valence-electron chi connectivity index (χ4n) is 2.51. The van der Waals surface area contributed by atoms with Gasteiger partial charge in [-0.3, -0.25) is 0 Å². The molecule has 0 fully saturated rings. The van der Waals surface area contributed by atoms with Gasteiger partial charge < -0.3 is 10.1 Å². The minimum atomic E-state index is 0.393. The van der Waals surface area contributed by atoms with Gasteiger partial charge >= 0.3 is 0 Å². The standard InChI is InChI=1S/C18H23NO/c1-13-9-14(2)11-17(10-13)19-15(3)12-16-5-7-18(20-4)8-6-16/h5-11,15,19H,12H2,1-4H3. The molecule has 2 nitrogen and oxygen atoms in total. The van der Waals surface area contributed by atoms with Crippen molar-refractivity contribution >= 4 is 5.69 Å². The quantitative estimate of drug-likeness (QED) is 0.871. The lowest BCUT2D eigenvalue weighted by atomic mass is 10.1. The highest BCUT2D eigenvalue weighted by Crippen LogP contribution is 2.17. The zero-order valence-corrected chi connectivity index (χ0v) is 12.7. The average Bonchev–Trinajstić information content (AvgIpc) is 2.38. The molecule has 0 radical (unpaired) electrons. The van der Waals surface area contributed by atoms with Gasteiger partial charge in [-0.25, -0.2) is 0 Å². The van der Waals surface area contributed by atoms with Crippen LogP contribution in [0.25, 0.3) is 0 Å². The summed E-state index contributed by atoms with van der Waals surface area (Å²) in [7, 11) is 1.69. The number of methoxy groups -OCH3 is 1. The largest absolute Gasteiger partial charge is 0.497 e. The van der Waals surface area contributed by atoms with Crippen LogP contribution < -0.4 is 10.1 Å². The summed E-state index contributed by atoms with van der Waals surface area (Å²) in [5.41, 5.74) is 5.10. The zero-order chi connectivity index (χ0) is 14.5. The summed E-state index contributed by atoms with van der Waals surface area (Å²) in [5, 5.41) is 3.57. The Morgan fingerprint density at radius 2 is 1.60 bits per heavy atom. The van der Waals surface area contributed by atoms with E-state index in [4.69, 9.17) is 4.74 Å². The lowest BCUT2D eigenvalue weighted by Crippen LogP contribution is -2.18. The van der Waals surface area contributed by atoms with E-state index in [2.05, 4.69) is 56.4 Å². The van der Waals surface area contributed by atoms with Crippen LogP contribution in [-0.2, 0) is 6.42 Å². The molecule has 0 bridgehead atoms. The summed E-state index contributed by atoms with van der Waals surface area (Å²) in [5.74, 6) is 0.906. The minimum absolute atomic E-state index is 0.393. The van der Waals surface area contributed by atoms with Crippen molar-refractivity contribution in [3.05, 3.63) is 59.2 Å². The van der Waals surface area contributed by atoms with Gasteiger partial charge in [0.25, 0.3) is 0 Å². The molecule has 1 unspecified atom stereocenters. The summed E-state index contributed by atoms with van der Waals surface area (Å²) in [6.45, 7) is 6.47. The second-order valence-electron chi connectivity index (χ2n) is 5.47. The van der Waals surface area contributed by atoms with Crippen LogP contribution in [0, 0.1) is 13.8 Å². The molecule has 0 aliphatic rings. The van der Waals surface area contributed by atoms with Crippen LogP contribution in [0.3, 0.4) is 0 Å². The Morgan fingerprint density at radius 3 is 2.15 bits per heavy atom. The normalized spacial score (nSPS) is 12.0. The van der Waals surface area contributed by atoms with Crippen LogP contribution in [0.5, 0.6) is 5.75 Å². The summed E-state index contributed by atoms with van der Waals surface area (Å²) < 4.78 is 5.18. The van der Waals surface area contributed by atoms with E-state index in [9.17, 15) is 0 Å². The maximum atomic E-state index is 5.18. The second-order valence-corrected chi connectivity index (χ2v) is 5.47. The molecule has 0 spiro atoms. The average molecular weight is 269 g/mol. The van der Waals surface area contributed by atoms with Crippen LogP contribution in [0.1, 0.15) is 23.6 Å². The number of aryl methyl sites for hydroxylation is 2. The number of benzene rings is 2. The Morgan fingerprint density at radius 1 is 1.00 bits per heavy atom. The first-order valence-corrected chi connectivity index (χ1v) is 7.04. The maximum Gasteiger partial charge on any atom is 0.118 e. The SMILES string of the molecule is COc1ccc(CC(C)Nc2cc(C)cc(C)c2)cc1. The van der Waals surface area contributed by atoms with Crippen LogP contribution in [0.4, 0.5) is 5.69 Å². The van der Waals surface area contributed by atoms with Gasteiger partial charge in [-0.15, -0.1) is 0 Å². The van der Waals surface area contributed by atoms with E-state index >= 15 is 0 Å². The van der Waals surface area contributed by atoms with E-state index in [-0.39, 0.29) is 0 Å². The maximum absolute atomic E-state index is 5.18. The van der Waals surface area contributed by atoms with E-state index in [0.29, 0.717) is 6.04 Å². The lowest BCUT2D eigenvalue weighted by Gasteiger charge is -2.16. The molecule has 2 heteroatoms. The Labute approximate surface area is 121 Å². The second kappa shape index (κ2) is 6.47. The number of anilines is 1. The number of ether oxygens (including phenoxy) is 1. The monoisotopic (exact) mass is 269 g/mol. The highest BCUT2D eigenvalue weighted by Gasteiger charge is 2.05. The molecule has 0 aliphatic heterocycles. The number of hydrogen-bond donors (Lipinski definition) is 1. The highest BCUT2D eigenvalue weighted by atomic mass is 16.5. The molecule has 0 aromatic heterocycles. The molecule has 0 saturated heterocycles. The summed E-state index contributed by atoms with van der Waals surface area (Å²) in [4.78, 5) is 0. The van der Waals surface area contributed by atoms with Gasteiger partial charge in [0.05, 0.1) is 7.11 Å². The van der Waals surface area contributed by atoms with Crippen LogP contribution >= 0.6 is 0 Å². The van der Waals surface area contributed by atoms with E-state index < -0.39 is 0 Å². The third-order valence-corrected chi connectivity index (χ3v) is 3.34. The fraction of sp³-hybridized carbons (Fsp3) is 0.333. The molecule has 0 amide bonds. The van der Waals surface area contributed by atoms with Gasteiger partial charge in [0.2, 0.25) is 0 Å². The first-order valence-electron chi connectivity index (χ1n) is 7.04.